The van der Waals surface area contributed by atoms with Gasteiger partial charge in [0.15, 0.2) is 0 Å². The number of hydrogen-bond donors (Lipinski definition) is 0. The van der Waals surface area contributed by atoms with Crippen LogP contribution in [0.25, 0.3) is 0 Å². The van der Waals surface area contributed by atoms with Crippen LogP contribution in [0, 0.1) is 5.82 Å². The molecule has 0 radical (unpaired) electrons. The van der Waals surface area contributed by atoms with Gasteiger partial charge in [-0.1, -0.05) is 18.2 Å². The summed E-state index contributed by atoms with van der Waals surface area (Å²) in [6, 6.07) is 7.06. The average molecular weight is 318 g/mol. The first-order valence-corrected chi connectivity index (χ1v) is 8.53. The number of thiazole rings is 1. The summed E-state index contributed by atoms with van der Waals surface area (Å²) >= 11 is 1.62. The van der Waals surface area contributed by atoms with Crippen molar-refractivity contribution in [1.82, 2.24) is 9.88 Å². The molecule has 0 spiro atoms. The largest absolute Gasteiger partial charge is 0.339 e. The second-order valence-corrected chi connectivity index (χ2v) is 6.56. The minimum atomic E-state index is -0.226. The first-order chi connectivity index (χ1) is 10.7. The molecule has 1 aromatic heterocycles. The zero-order chi connectivity index (χ0) is 15.4. The van der Waals surface area contributed by atoms with Crippen molar-refractivity contribution in [2.75, 3.05) is 6.54 Å². The van der Waals surface area contributed by atoms with Gasteiger partial charge in [-0.05, 0) is 30.9 Å². The van der Waals surface area contributed by atoms with Crippen molar-refractivity contribution in [2.24, 2.45) is 0 Å². The molecular weight excluding hydrogens is 299 g/mol. The lowest BCUT2D eigenvalue weighted by atomic mass is 10.1. The minimum absolute atomic E-state index is 0.127. The zero-order valence-electron chi connectivity index (χ0n) is 12.4. The predicted molar refractivity (Wildman–Crippen MR) is 85.3 cm³/mol. The van der Waals surface area contributed by atoms with Crippen LogP contribution in [0.1, 0.15) is 29.8 Å². The molecule has 22 heavy (non-hydrogen) atoms. The van der Waals surface area contributed by atoms with Crippen LogP contribution in [0.3, 0.4) is 0 Å². The number of aryl methyl sites for hydroxylation is 1. The van der Waals surface area contributed by atoms with Gasteiger partial charge in [-0.15, -0.1) is 11.3 Å². The summed E-state index contributed by atoms with van der Waals surface area (Å²) in [4.78, 5) is 18.7. The Bertz CT molecular complexity index is 625. The highest BCUT2D eigenvalue weighted by atomic mass is 32.1. The van der Waals surface area contributed by atoms with E-state index < -0.39 is 0 Å². The number of carbonyl (C=O) groups is 1. The molecule has 0 bridgehead atoms. The van der Waals surface area contributed by atoms with Crippen molar-refractivity contribution in [1.29, 1.82) is 0 Å². The molecule has 0 N–H and O–H groups in total. The third-order valence-corrected chi connectivity index (χ3v) is 4.76. The Kier molecular flexibility index (Phi) is 4.83. The monoisotopic (exact) mass is 318 g/mol. The molecule has 3 nitrogen and oxygen atoms in total. The van der Waals surface area contributed by atoms with E-state index in [0.717, 1.165) is 24.3 Å². The molecule has 0 unspecified atom stereocenters. The van der Waals surface area contributed by atoms with Crippen LogP contribution >= 0.6 is 11.3 Å². The maximum Gasteiger partial charge on any atom is 0.223 e. The summed E-state index contributed by atoms with van der Waals surface area (Å²) in [6.45, 7) is 0.717. The van der Waals surface area contributed by atoms with Crippen molar-refractivity contribution in [2.45, 2.75) is 38.1 Å². The van der Waals surface area contributed by atoms with E-state index in [4.69, 9.17) is 0 Å². The summed E-state index contributed by atoms with van der Waals surface area (Å²) < 4.78 is 13.6. The third-order valence-electron chi connectivity index (χ3n) is 3.92. The number of amides is 1. The van der Waals surface area contributed by atoms with E-state index in [-0.39, 0.29) is 11.7 Å². The average Bonchev–Trinajstić information content (AvgIpc) is 3.22. The van der Waals surface area contributed by atoms with Crippen molar-refractivity contribution in [3.8, 4) is 0 Å². The standard InChI is InChI=1S/C17H19FN2OS/c18-15-4-2-1-3-13(15)5-8-17(21)20(14-6-7-14)11-9-16-19-10-12-22-16/h1-4,10,12,14H,5-9,11H2. The highest BCUT2D eigenvalue weighted by molar-refractivity contribution is 7.09. The van der Waals surface area contributed by atoms with Crippen LogP contribution in [0.2, 0.25) is 0 Å². The highest BCUT2D eigenvalue weighted by Gasteiger charge is 2.32. The Hall–Kier alpha value is -1.75. The fourth-order valence-electron chi connectivity index (χ4n) is 2.58. The topological polar surface area (TPSA) is 33.2 Å². The van der Waals surface area contributed by atoms with Crippen LogP contribution in [0.5, 0.6) is 0 Å². The normalized spacial score (nSPS) is 14.0. The smallest absolute Gasteiger partial charge is 0.223 e. The molecule has 1 amide bonds. The van der Waals surface area contributed by atoms with Crippen LogP contribution in [0.15, 0.2) is 35.8 Å². The molecular formula is C17H19FN2OS. The van der Waals surface area contributed by atoms with E-state index in [0.29, 0.717) is 31.0 Å². The van der Waals surface area contributed by atoms with Gasteiger partial charge in [-0.2, -0.15) is 0 Å². The minimum Gasteiger partial charge on any atom is -0.339 e. The molecule has 1 aliphatic rings. The lowest BCUT2D eigenvalue weighted by Gasteiger charge is -2.22. The molecule has 116 valence electrons. The summed E-state index contributed by atoms with van der Waals surface area (Å²) in [5.41, 5.74) is 0.617. The van der Waals surface area contributed by atoms with Crippen molar-refractivity contribution >= 4 is 17.2 Å². The quantitative estimate of drug-likeness (QED) is 0.783. The zero-order valence-corrected chi connectivity index (χ0v) is 13.2. The van der Waals surface area contributed by atoms with Gasteiger partial charge in [-0.25, -0.2) is 9.37 Å². The summed E-state index contributed by atoms with van der Waals surface area (Å²) in [6.07, 6.45) is 5.61. The number of aromatic nitrogens is 1. The Labute approximate surface area is 133 Å². The molecule has 1 heterocycles. The Morgan fingerprint density at radius 2 is 2.14 bits per heavy atom. The summed E-state index contributed by atoms with van der Waals surface area (Å²) in [5, 5.41) is 3.02. The van der Waals surface area contributed by atoms with Gasteiger partial charge in [-0.3, -0.25) is 4.79 Å². The van der Waals surface area contributed by atoms with Gasteiger partial charge in [0.25, 0.3) is 0 Å². The van der Waals surface area contributed by atoms with Gasteiger partial charge in [0.1, 0.15) is 5.82 Å². The molecule has 0 atom stereocenters. The number of halogens is 1. The molecule has 3 rings (SSSR count). The van der Waals surface area contributed by atoms with E-state index in [2.05, 4.69) is 4.98 Å². The van der Waals surface area contributed by atoms with Crippen molar-refractivity contribution in [3.05, 3.63) is 52.2 Å². The van der Waals surface area contributed by atoms with Gasteiger partial charge in [0.2, 0.25) is 5.91 Å². The molecule has 0 saturated heterocycles. The third kappa shape index (κ3) is 3.91. The summed E-state index contributed by atoms with van der Waals surface area (Å²) in [7, 11) is 0. The van der Waals surface area contributed by atoms with Crippen LogP contribution in [0.4, 0.5) is 4.39 Å². The lowest BCUT2D eigenvalue weighted by molar-refractivity contribution is -0.131. The SMILES string of the molecule is O=C(CCc1ccccc1F)N(CCc1nccs1)C1CC1. The molecule has 5 heteroatoms. The Balaban J connectivity index is 1.55. The van der Waals surface area contributed by atoms with E-state index in [9.17, 15) is 9.18 Å². The second-order valence-electron chi connectivity index (χ2n) is 5.59. The van der Waals surface area contributed by atoms with Crippen molar-refractivity contribution < 1.29 is 9.18 Å². The van der Waals surface area contributed by atoms with E-state index >= 15 is 0 Å². The number of carbonyl (C=O) groups excluding carboxylic acids is 1. The molecule has 2 aromatic rings. The van der Waals surface area contributed by atoms with Gasteiger partial charge in [0.05, 0.1) is 5.01 Å². The molecule has 1 aliphatic carbocycles. The van der Waals surface area contributed by atoms with E-state index in [1.54, 1.807) is 29.7 Å². The van der Waals surface area contributed by atoms with Gasteiger partial charge < -0.3 is 4.90 Å². The molecule has 0 aliphatic heterocycles. The molecule has 1 aromatic carbocycles. The van der Waals surface area contributed by atoms with Crippen LogP contribution in [-0.4, -0.2) is 28.4 Å². The first kappa shape index (κ1) is 15.2. The fourth-order valence-corrected chi connectivity index (χ4v) is 3.19. The van der Waals surface area contributed by atoms with E-state index in [1.807, 2.05) is 16.3 Å². The fraction of sp³-hybridized carbons (Fsp3) is 0.412. The summed E-state index contributed by atoms with van der Waals surface area (Å²) in [5.74, 6) is -0.0987. The number of nitrogens with zero attached hydrogens (tertiary/aromatic N) is 2. The van der Waals surface area contributed by atoms with Crippen LogP contribution < -0.4 is 0 Å². The Morgan fingerprint density at radius 3 is 2.82 bits per heavy atom. The van der Waals surface area contributed by atoms with Gasteiger partial charge >= 0.3 is 0 Å². The lowest BCUT2D eigenvalue weighted by Crippen LogP contribution is -2.35. The maximum absolute atomic E-state index is 13.6. The second kappa shape index (κ2) is 7.01. The molecule has 1 saturated carbocycles. The number of rotatable bonds is 7. The van der Waals surface area contributed by atoms with Gasteiger partial charge in [0, 0.05) is 37.0 Å². The number of hydrogen-bond acceptors (Lipinski definition) is 3. The van der Waals surface area contributed by atoms with Crippen LogP contribution in [-0.2, 0) is 17.6 Å². The predicted octanol–water partition coefficient (Wildman–Crippen LogP) is 3.45. The number of benzene rings is 1. The van der Waals surface area contributed by atoms with Crippen molar-refractivity contribution in [3.63, 3.8) is 0 Å². The highest BCUT2D eigenvalue weighted by Crippen LogP contribution is 2.28. The Morgan fingerprint density at radius 1 is 1.32 bits per heavy atom. The van der Waals surface area contributed by atoms with E-state index in [1.165, 1.54) is 6.07 Å². The maximum atomic E-state index is 13.6. The first-order valence-electron chi connectivity index (χ1n) is 7.65. The molecule has 1 fully saturated rings.